The number of para-hydroxylation sites is 1. The Morgan fingerprint density at radius 2 is 1.75 bits per heavy atom. The molecule has 2 aromatic carbocycles. The first-order chi connectivity index (χ1) is 15.3. The molecule has 32 heavy (non-hydrogen) atoms. The molecule has 5 nitrogen and oxygen atoms in total. The minimum atomic E-state index is -0.569. The Morgan fingerprint density at radius 1 is 1.03 bits per heavy atom. The highest BCUT2D eigenvalue weighted by Crippen LogP contribution is 2.24. The summed E-state index contributed by atoms with van der Waals surface area (Å²) in [6, 6.07) is 14.2. The molecule has 2 aromatic rings. The molecule has 0 saturated carbocycles. The Labute approximate surface area is 201 Å². The molecule has 0 unspecified atom stereocenters. The van der Waals surface area contributed by atoms with Crippen LogP contribution in [0.3, 0.4) is 0 Å². The van der Waals surface area contributed by atoms with Crippen LogP contribution in [0.4, 0.5) is 0 Å². The third-order valence-electron chi connectivity index (χ3n) is 5.27. The fraction of sp³-hybridized carbons (Fsp3) is 0.440. The van der Waals surface area contributed by atoms with Crippen molar-refractivity contribution in [1.82, 2.24) is 10.2 Å². The van der Waals surface area contributed by atoms with Gasteiger partial charge in [0.15, 0.2) is 0 Å². The second-order valence-electron chi connectivity index (χ2n) is 7.78. The summed E-state index contributed by atoms with van der Waals surface area (Å²) >= 11 is 12.2. The van der Waals surface area contributed by atoms with E-state index in [4.69, 9.17) is 27.9 Å². The number of hydrogen-bond acceptors (Lipinski definition) is 3. The van der Waals surface area contributed by atoms with E-state index < -0.39 is 6.04 Å². The zero-order valence-electron chi connectivity index (χ0n) is 18.9. The molecule has 0 aliphatic carbocycles. The fourth-order valence-electron chi connectivity index (χ4n) is 3.27. The van der Waals surface area contributed by atoms with Crippen molar-refractivity contribution >= 4 is 35.0 Å². The number of carbonyl (C=O) groups excluding carboxylic acids is 2. The van der Waals surface area contributed by atoms with Gasteiger partial charge in [0.1, 0.15) is 11.8 Å². The highest BCUT2D eigenvalue weighted by Gasteiger charge is 2.29. The predicted molar refractivity (Wildman–Crippen MR) is 130 cm³/mol. The van der Waals surface area contributed by atoms with Gasteiger partial charge in [-0.15, -0.1) is 0 Å². The van der Waals surface area contributed by atoms with Crippen LogP contribution in [-0.2, 0) is 16.1 Å². The summed E-state index contributed by atoms with van der Waals surface area (Å²) in [5, 5.41) is 3.88. The number of nitrogens with zero attached hydrogens (tertiary/aromatic N) is 1. The van der Waals surface area contributed by atoms with Gasteiger partial charge in [0.05, 0.1) is 16.7 Å². The van der Waals surface area contributed by atoms with Gasteiger partial charge in [-0.05, 0) is 56.0 Å². The highest BCUT2D eigenvalue weighted by molar-refractivity contribution is 6.42. The molecular weight excluding hydrogens is 447 g/mol. The SMILES string of the molecule is CC[C@H](C)NC(=O)[C@H](CC)N(Cc1ccc(Cl)c(Cl)c1)C(=O)CCCOc1ccccc1. The molecule has 0 aliphatic rings. The summed E-state index contributed by atoms with van der Waals surface area (Å²) in [5.74, 6) is 0.529. The van der Waals surface area contributed by atoms with Crippen LogP contribution in [0.25, 0.3) is 0 Å². The van der Waals surface area contributed by atoms with E-state index in [1.54, 1.807) is 17.0 Å². The maximum atomic E-state index is 13.2. The van der Waals surface area contributed by atoms with Gasteiger partial charge in [-0.2, -0.15) is 0 Å². The molecule has 2 amide bonds. The minimum Gasteiger partial charge on any atom is -0.494 e. The Bertz CT molecular complexity index is 877. The number of halogens is 2. The van der Waals surface area contributed by atoms with E-state index in [0.29, 0.717) is 29.5 Å². The summed E-state index contributed by atoms with van der Waals surface area (Å²) in [4.78, 5) is 27.8. The first-order valence-electron chi connectivity index (χ1n) is 11.1. The number of rotatable bonds is 12. The normalized spacial score (nSPS) is 12.7. The van der Waals surface area contributed by atoms with E-state index in [0.717, 1.165) is 17.7 Å². The molecular formula is C25H32Cl2N2O3. The molecule has 0 saturated heterocycles. The van der Waals surface area contributed by atoms with Crippen LogP contribution in [0.15, 0.2) is 48.5 Å². The standard InChI is InChI=1S/C25H32Cl2N2O3/c1-4-18(3)28-25(31)23(5-2)29(17-19-13-14-21(26)22(27)16-19)24(30)12-9-15-32-20-10-7-6-8-11-20/h6-8,10-11,13-14,16,18,23H,4-5,9,12,15,17H2,1-3H3,(H,28,31)/t18-,23-/m0/s1. The van der Waals surface area contributed by atoms with Crippen molar-refractivity contribution in [1.29, 1.82) is 0 Å². The summed E-state index contributed by atoms with van der Waals surface area (Å²) in [6.45, 7) is 6.58. The van der Waals surface area contributed by atoms with Crippen molar-refractivity contribution in [2.24, 2.45) is 0 Å². The lowest BCUT2D eigenvalue weighted by molar-refractivity contribution is -0.141. The molecule has 0 spiro atoms. The lowest BCUT2D eigenvalue weighted by Gasteiger charge is -2.31. The van der Waals surface area contributed by atoms with Gasteiger partial charge in [-0.1, -0.05) is 61.3 Å². The van der Waals surface area contributed by atoms with E-state index in [-0.39, 0.29) is 30.8 Å². The predicted octanol–water partition coefficient (Wildman–Crippen LogP) is 5.87. The van der Waals surface area contributed by atoms with Gasteiger partial charge in [0, 0.05) is 19.0 Å². The van der Waals surface area contributed by atoms with E-state index in [1.807, 2.05) is 57.2 Å². The monoisotopic (exact) mass is 478 g/mol. The zero-order valence-corrected chi connectivity index (χ0v) is 20.5. The van der Waals surface area contributed by atoms with Crippen molar-refractivity contribution in [2.75, 3.05) is 6.61 Å². The van der Waals surface area contributed by atoms with Crippen LogP contribution in [0, 0.1) is 0 Å². The lowest BCUT2D eigenvalue weighted by Crippen LogP contribution is -2.50. The average molecular weight is 479 g/mol. The molecule has 0 aromatic heterocycles. The van der Waals surface area contributed by atoms with E-state index in [2.05, 4.69) is 5.32 Å². The van der Waals surface area contributed by atoms with Crippen molar-refractivity contribution in [3.8, 4) is 5.75 Å². The Kier molecular flexibility index (Phi) is 10.8. The van der Waals surface area contributed by atoms with Gasteiger partial charge >= 0.3 is 0 Å². The van der Waals surface area contributed by atoms with Crippen LogP contribution in [0.5, 0.6) is 5.75 Å². The van der Waals surface area contributed by atoms with E-state index in [1.165, 1.54) is 0 Å². The molecule has 2 atom stereocenters. The van der Waals surface area contributed by atoms with Crippen molar-refractivity contribution in [3.63, 3.8) is 0 Å². The van der Waals surface area contributed by atoms with Crippen molar-refractivity contribution < 1.29 is 14.3 Å². The average Bonchev–Trinajstić information content (AvgIpc) is 2.79. The van der Waals surface area contributed by atoms with Crippen LogP contribution in [0.1, 0.15) is 52.0 Å². The van der Waals surface area contributed by atoms with Crippen LogP contribution in [0.2, 0.25) is 10.0 Å². The third kappa shape index (κ3) is 8.03. The number of amides is 2. The van der Waals surface area contributed by atoms with Crippen LogP contribution < -0.4 is 10.1 Å². The van der Waals surface area contributed by atoms with Crippen LogP contribution in [-0.4, -0.2) is 35.4 Å². The Morgan fingerprint density at radius 3 is 2.38 bits per heavy atom. The van der Waals surface area contributed by atoms with Gasteiger partial charge in [-0.3, -0.25) is 9.59 Å². The summed E-state index contributed by atoms with van der Waals surface area (Å²) in [5.41, 5.74) is 0.822. The first kappa shape index (κ1) is 26.0. The minimum absolute atomic E-state index is 0.0396. The zero-order chi connectivity index (χ0) is 23.5. The van der Waals surface area contributed by atoms with Gasteiger partial charge in [0.2, 0.25) is 11.8 Å². The van der Waals surface area contributed by atoms with Crippen LogP contribution >= 0.6 is 23.2 Å². The van der Waals surface area contributed by atoms with Crippen molar-refractivity contribution in [2.45, 2.75) is 65.1 Å². The number of ether oxygens (including phenoxy) is 1. The highest BCUT2D eigenvalue weighted by atomic mass is 35.5. The first-order valence-corrected chi connectivity index (χ1v) is 11.8. The second kappa shape index (κ2) is 13.3. The van der Waals surface area contributed by atoms with Gasteiger partial charge < -0.3 is 15.0 Å². The van der Waals surface area contributed by atoms with Gasteiger partial charge in [-0.25, -0.2) is 0 Å². The molecule has 0 aliphatic heterocycles. The Balaban J connectivity index is 2.10. The molecule has 0 radical (unpaired) electrons. The molecule has 0 bridgehead atoms. The smallest absolute Gasteiger partial charge is 0.243 e. The molecule has 7 heteroatoms. The molecule has 1 N–H and O–H groups in total. The molecule has 0 fully saturated rings. The number of benzene rings is 2. The summed E-state index contributed by atoms with van der Waals surface area (Å²) in [6.07, 6.45) is 2.16. The van der Waals surface area contributed by atoms with E-state index >= 15 is 0 Å². The number of hydrogen-bond donors (Lipinski definition) is 1. The van der Waals surface area contributed by atoms with E-state index in [9.17, 15) is 9.59 Å². The summed E-state index contributed by atoms with van der Waals surface area (Å²) in [7, 11) is 0. The number of carbonyl (C=O) groups is 2. The maximum Gasteiger partial charge on any atom is 0.243 e. The molecule has 174 valence electrons. The number of nitrogens with one attached hydrogen (secondary N) is 1. The second-order valence-corrected chi connectivity index (χ2v) is 8.59. The fourth-order valence-corrected chi connectivity index (χ4v) is 3.59. The summed E-state index contributed by atoms with van der Waals surface area (Å²) < 4.78 is 5.70. The topological polar surface area (TPSA) is 58.6 Å². The van der Waals surface area contributed by atoms with Gasteiger partial charge in [0.25, 0.3) is 0 Å². The maximum absolute atomic E-state index is 13.2. The third-order valence-corrected chi connectivity index (χ3v) is 6.01. The Hall–Kier alpha value is -2.24. The van der Waals surface area contributed by atoms with Crippen molar-refractivity contribution in [3.05, 3.63) is 64.1 Å². The molecule has 0 heterocycles. The largest absolute Gasteiger partial charge is 0.494 e. The molecule has 2 rings (SSSR count). The quantitative estimate of drug-likeness (QED) is 0.387. The lowest BCUT2D eigenvalue weighted by atomic mass is 10.1.